The third kappa shape index (κ3) is 7.89. The highest BCUT2D eigenvalue weighted by atomic mass is 16.2. The van der Waals surface area contributed by atoms with Crippen LogP contribution in [0.1, 0.15) is 71.4 Å². The van der Waals surface area contributed by atoms with Gasteiger partial charge < -0.3 is 10.6 Å². The molecule has 4 N–H and O–H groups in total. The Hall–Kier alpha value is -5.92. The van der Waals surface area contributed by atoms with Crippen LogP contribution in [0.2, 0.25) is 0 Å². The smallest absolute Gasteiger partial charge is 0.231 e. The van der Waals surface area contributed by atoms with Crippen molar-refractivity contribution in [3.63, 3.8) is 0 Å². The summed E-state index contributed by atoms with van der Waals surface area (Å²) in [7, 11) is 0. The van der Waals surface area contributed by atoms with Crippen LogP contribution in [0, 0.1) is 13.8 Å². The molecule has 0 radical (unpaired) electrons. The molecular formula is C34H36N12O2. The number of hydrogen-bond acceptors (Lipinski definition) is 8. The Kier molecular flexibility index (Phi) is 8.60. The Labute approximate surface area is 276 Å². The van der Waals surface area contributed by atoms with Gasteiger partial charge in [0, 0.05) is 60.1 Å². The van der Waals surface area contributed by atoms with E-state index in [1.807, 2.05) is 74.8 Å². The lowest BCUT2D eigenvalue weighted by molar-refractivity contribution is -0.116. The number of nitrogens with one attached hydrogen (secondary N) is 4. The number of anilines is 2. The van der Waals surface area contributed by atoms with E-state index in [9.17, 15) is 9.59 Å². The van der Waals surface area contributed by atoms with Crippen molar-refractivity contribution in [1.29, 1.82) is 0 Å². The zero-order valence-electron chi connectivity index (χ0n) is 26.7. The van der Waals surface area contributed by atoms with E-state index < -0.39 is 0 Å². The number of carbonyl (C=O) groups excluding carboxylic acids is 2. The lowest BCUT2D eigenvalue weighted by Crippen LogP contribution is -2.15. The van der Waals surface area contributed by atoms with Crippen molar-refractivity contribution in [2.45, 2.75) is 64.2 Å². The largest absolute Gasteiger partial charge is 0.309 e. The van der Waals surface area contributed by atoms with Gasteiger partial charge in [-0.25, -0.2) is 19.3 Å². The monoisotopic (exact) mass is 644 g/mol. The highest BCUT2D eigenvalue weighted by Crippen LogP contribution is 2.40. The van der Waals surface area contributed by atoms with Gasteiger partial charge in [0.2, 0.25) is 11.8 Å². The molecule has 2 aliphatic carbocycles. The second-order valence-electron chi connectivity index (χ2n) is 12.3. The van der Waals surface area contributed by atoms with Gasteiger partial charge in [0.25, 0.3) is 0 Å². The molecule has 8 rings (SSSR count). The molecule has 14 heteroatoms. The first-order chi connectivity index (χ1) is 23.3. The predicted molar refractivity (Wildman–Crippen MR) is 178 cm³/mol. The lowest BCUT2D eigenvalue weighted by atomic mass is 10.3. The highest BCUT2D eigenvalue weighted by molar-refractivity contribution is 5.91. The third-order valence-corrected chi connectivity index (χ3v) is 8.01. The average Bonchev–Trinajstić information content (AvgIpc) is 3.87. The van der Waals surface area contributed by atoms with E-state index in [1.165, 1.54) is 25.7 Å². The first-order valence-corrected chi connectivity index (χ1v) is 16.0. The Morgan fingerprint density at radius 1 is 0.688 bits per heavy atom. The molecule has 48 heavy (non-hydrogen) atoms. The topological polar surface area (TPSA) is 177 Å². The normalized spacial score (nSPS) is 13.9. The van der Waals surface area contributed by atoms with Gasteiger partial charge in [-0.15, -0.1) is 0 Å². The third-order valence-electron chi connectivity index (χ3n) is 8.01. The van der Waals surface area contributed by atoms with E-state index in [0.717, 1.165) is 34.2 Å². The van der Waals surface area contributed by atoms with Gasteiger partial charge in [-0.05, 0) is 87.1 Å². The molecular weight excluding hydrogens is 608 g/mol. The predicted octanol–water partition coefficient (Wildman–Crippen LogP) is 4.71. The summed E-state index contributed by atoms with van der Waals surface area (Å²) < 4.78 is 3.35. The molecule has 0 bridgehead atoms. The summed E-state index contributed by atoms with van der Waals surface area (Å²) in [6, 6.07) is 15.2. The minimum atomic E-state index is -0.133. The number of nitrogens with zero attached hydrogens (tertiary/aromatic N) is 8. The number of carbonyl (C=O) groups is 2. The standard InChI is InChI=1S/2C17H18N6O/c2*1-11-4-6-18-16(8-11)23-7-5-13(22-23)9-17(24)19-15-10-14(20-21-15)12-2-3-12/h2*4-8,10,12H,2-3,9H2,1H3,(H2,19,20,21,24). The van der Waals surface area contributed by atoms with Crippen molar-refractivity contribution < 1.29 is 9.59 Å². The van der Waals surface area contributed by atoms with E-state index >= 15 is 0 Å². The van der Waals surface area contributed by atoms with Crippen molar-refractivity contribution in [2.75, 3.05) is 10.6 Å². The fourth-order valence-corrected chi connectivity index (χ4v) is 5.17. The van der Waals surface area contributed by atoms with Crippen LogP contribution in [0.4, 0.5) is 11.6 Å². The van der Waals surface area contributed by atoms with Gasteiger partial charge >= 0.3 is 0 Å². The number of aromatic amines is 2. The van der Waals surface area contributed by atoms with Crippen LogP contribution in [0.25, 0.3) is 11.6 Å². The average molecular weight is 645 g/mol. The lowest BCUT2D eigenvalue weighted by Gasteiger charge is -2.01. The maximum absolute atomic E-state index is 12.1. The van der Waals surface area contributed by atoms with E-state index in [-0.39, 0.29) is 24.7 Å². The molecule has 2 fully saturated rings. The Morgan fingerprint density at radius 3 is 1.52 bits per heavy atom. The molecule has 244 valence electrons. The van der Waals surface area contributed by atoms with Crippen LogP contribution >= 0.6 is 0 Å². The quantitative estimate of drug-likeness (QED) is 0.166. The zero-order chi connectivity index (χ0) is 33.0. The molecule has 0 aliphatic heterocycles. The van der Waals surface area contributed by atoms with Crippen molar-refractivity contribution in [3.8, 4) is 11.6 Å². The van der Waals surface area contributed by atoms with E-state index in [1.54, 1.807) is 21.8 Å². The highest BCUT2D eigenvalue weighted by Gasteiger charge is 2.26. The Morgan fingerprint density at radius 2 is 1.12 bits per heavy atom. The number of amides is 2. The van der Waals surface area contributed by atoms with Crippen LogP contribution in [-0.4, -0.2) is 61.7 Å². The second-order valence-corrected chi connectivity index (χ2v) is 12.3. The minimum absolute atomic E-state index is 0.133. The summed E-state index contributed by atoms with van der Waals surface area (Å²) in [6.45, 7) is 4.01. The molecule has 2 aliphatic rings. The summed E-state index contributed by atoms with van der Waals surface area (Å²) >= 11 is 0. The van der Waals surface area contributed by atoms with Crippen molar-refractivity contribution >= 4 is 23.5 Å². The fourth-order valence-electron chi connectivity index (χ4n) is 5.17. The van der Waals surface area contributed by atoms with Gasteiger partial charge in [0.1, 0.15) is 0 Å². The minimum Gasteiger partial charge on any atom is -0.309 e. The number of aryl methyl sites for hydroxylation is 2. The zero-order valence-corrected chi connectivity index (χ0v) is 26.7. The van der Waals surface area contributed by atoms with Gasteiger partial charge in [-0.3, -0.25) is 19.8 Å². The summed E-state index contributed by atoms with van der Waals surface area (Å²) in [4.78, 5) is 32.9. The molecule has 0 spiro atoms. The summed E-state index contributed by atoms with van der Waals surface area (Å²) in [5.74, 6) is 3.52. The van der Waals surface area contributed by atoms with Gasteiger partial charge in [0.15, 0.2) is 23.3 Å². The Balaban J connectivity index is 0.000000152. The molecule has 0 unspecified atom stereocenters. The molecule has 0 atom stereocenters. The fraction of sp³-hybridized carbons (Fsp3) is 0.294. The number of pyridine rings is 2. The molecule has 6 aromatic heterocycles. The van der Waals surface area contributed by atoms with Crippen LogP contribution < -0.4 is 10.6 Å². The SMILES string of the molecule is Cc1ccnc(-n2ccc(CC(=O)Nc3cc(C4CC4)[nH]n3)n2)c1.Cc1ccnc(-n2ccc(CC(=O)Nc3cc(C4CC4)[nH]n3)n2)c1. The summed E-state index contributed by atoms with van der Waals surface area (Å²) in [5.41, 5.74) is 5.79. The van der Waals surface area contributed by atoms with Gasteiger partial charge in [0.05, 0.1) is 24.2 Å². The van der Waals surface area contributed by atoms with Gasteiger partial charge in [-0.1, -0.05) is 0 Å². The van der Waals surface area contributed by atoms with Crippen LogP contribution in [0.15, 0.2) is 73.3 Å². The first kappa shape index (κ1) is 30.7. The van der Waals surface area contributed by atoms with Crippen molar-refractivity contribution in [3.05, 3.63) is 107 Å². The number of hydrogen-bond donors (Lipinski definition) is 4. The van der Waals surface area contributed by atoms with E-state index in [0.29, 0.717) is 34.9 Å². The molecule has 6 aromatic rings. The molecule has 6 heterocycles. The van der Waals surface area contributed by atoms with Crippen LogP contribution in [-0.2, 0) is 22.4 Å². The summed E-state index contributed by atoms with van der Waals surface area (Å²) in [6.07, 6.45) is 12.3. The molecule has 0 saturated heterocycles. The number of rotatable bonds is 10. The molecule has 2 amide bonds. The maximum atomic E-state index is 12.1. The number of H-pyrrole nitrogens is 2. The van der Waals surface area contributed by atoms with Crippen LogP contribution in [0.5, 0.6) is 0 Å². The summed E-state index contributed by atoms with van der Waals surface area (Å²) in [5, 5.41) is 28.6. The molecule has 0 aromatic carbocycles. The maximum Gasteiger partial charge on any atom is 0.231 e. The van der Waals surface area contributed by atoms with Crippen LogP contribution in [0.3, 0.4) is 0 Å². The van der Waals surface area contributed by atoms with Crippen molar-refractivity contribution in [2.24, 2.45) is 0 Å². The first-order valence-electron chi connectivity index (χ1n) is 16.0. The molecule has 14 nitrogen and oxygen atoms in total. The molecule has 2 saturated carbocycles. The second kappa shape index (κ2) is 13.4. The Bertz CT molecular complexity index is 1900. The van der Waals surface area contributed by atoms with Crippen molar-refractivity contribution in [1.82, 2.24) is 49.9 Å². The van der Waals surface area contributed by atoms with Gasteiger partial charge in [-0.2, -0.15) is 20.4 Å². The number of aromatic nitrogens is 10. The van der Waals surface area contributed by atoms with E-state index in [4.69, 9.17) is 0 Å². The van der Waals surface area contributed by atoms with E-state index in [2.05, 4.69) is 51.2 Å².